The van der Waals surface area contributed by atoms with Gasteiger partial charge in [0.15, 0.2) is 0 Å². The number of β-amino-alcohol motifs (C(OH)–C–C–N with tert-alkyl or cyclic N) is 1. The van der Waals surface area contributed by atoms with E-state index in [1.807, 2.05) is 6.07 Å². The summed E-state index contributed by atoms with van der Waals surface area (Å²) in [5, 5.41) is 28.6. The third kappa shape index (κ3) is 2.11. The summed E-state index contributed by atoms with van der Waals surface area (Å²) in [5.74, 6) is 0. The first kappa shape index (κ1) is 11.9. The number of likely N-dealkylation sites (tertiary alicyclic amines) is 1. The molecular formula is C12H15NO4. The fourth-order valence-corrected chi connectivity index (χ4v) is 2.32. The minimum absolute atomic E-state index is 0.00241. The first-order valence-electron chi connectivity index (χ1n) is 5.45. The minimum Gasteiger partial charge on any atom is -0.465 e. The van der Waals surface area contributed by atoms with Crippen LogP contribution in [0, 0.1) is 0 Å². The summed E-state index contributed by atoms with van der Waals surface area (Å²) in [6, 6.07) is 8.41. The molecule has 2 rings (SSSR count). The molecule has 5 nitrogen and oxygen atoms in total. The van der Waals surface area contributed by atoms with Gasteiger partial charge < -0.3 is 15.3 Å². The molecular weight excluding hydrogens is 222 g/mol. The summed E-state index contributed by atoms with van der Waals surface area (Å²) >= 11 is 0. The summed E-state index contributed by atoms with van der Waals surface area (Å²) in [5.41, 5.74) is -0.519. The first-order chi connectivity index (χ1) is 8.07. The van der Waals surface area contributed by atoms with E-state index in [9.17, 15) is 9.90 Å². The number of carboxylic acid groups (broad SMARTS) is 1. The van der Waals surface area contributed by atoms with Crippen LogP contribution in [-0.4, -0.2) is 45.5 Å². The van der Waals surface area contributed by atoms with Gasteiger partial charge in [-0.25, -0.2) is 4.79 Å². The molecule has 0 saturated carbocycles. The van der Waals surface area contributed by atoms with Gasteiger partial charge in [-0.3, -0.25) is 4.90 Å². The molecule has 0 aromatic heterocycles. The van der Waals surface area contributed by atoms with Crippen LogP contribution in [0.1, 0.15) is 12.0 Å². The molecule has 1 saturated heterocycles. The van der Waals surface area contributed by atoms with Crippen molar-refractivity contribution in [2.24, 2.45) is 0 Å². The van der Waals surface area contributed by atoms with Crippen LogP contribution in [0.5, 0.6) is 0 Å². The Balaban J connectivity index is 2.27. The van der Waals surface area contributed by atoms with Crippen LogP contribution in [-0.2, 0) is 5.60 Å². The number of amides is 1. The lowest BCUT2D eigenvalue weighted by atomic mass is 9.91. The van der Waals surface area contributed by atoms with Crippen LogP contribution < -0.4 is 0 Å². The van der Waals surface area contributed by atoms with Crippen molar-refractivity contribution in [3.8, 4) is 0 Å². The molecule has 1 aliphatic heterocycles. The van der Waals surface area contributed by atoms with E-state index >= 15 is 0 Å². The summed E-state index contributed by atoms with van der Waals surface area (Å²) in [4.78, 5) is 12.1. The van der Waals surface area contributed by atoms with Crippen molar-refractivity contribution in [1.29, 1.82) is 0 Å². The largest absolute Gasteiger partial charge is 0.465 e. The highest BCUT2D eigenvalue weighted by molar-refractivity contribution is 5.66. The second kappa shape index (κ2) is 4.35. The van der Waals surface area contributed by atoms with E-state index in [4.69, 9.17) is 10.2 Å². The Morgan fingerprint density at radius 2 is 2.06 bits per heavy atom. The molecule has 1 fully saturated rings. The van der Waals surface area contributed by atoms with E-state index in [-0.39, 0.29) is 19.6 Å². The van der Waals surface area contributed by atoms with Crippen LogP contribution in [0.2, 0.25) is 0 Å². The van der Waals surface area contributed by atoms with E-state index in [1.165, 1.54) is 0 Å². The summed E-state index contributed by atoms with van der Waals surface area (Å²) < 4.78 is 0. The number of aliphatic hydroxyl groups excluding tert-OH is 1. The summed E-state index contributed by atoms with van der Waals surface area (Å²) in [6.07, 6.45) is -0.893. The van der Waals surface area contributed by atoms with E-state index < -0.39 is 17.7 Å². The van der Waals surface area contributed by atoms with Crippen LogP contribution in [0.4, 0.5) is 4.79 Å². The van der Waals surface area contributed by atoms with Gasteiger partial charge in [0.05, 0.1) is 19.2 Å². The fraction of sp³-hybridized carbons (Fsp3) is 0.417. The number of hydrogen-bond acceptors (Lipinski definition) is 3. The summed E-state index contributed by atoms with van der Waals surface area (Å²) in [6.45, 7) is -0.279. The monoisotopic (exact) mass is 237 g/mol. The molecule has 1 heterocycles. The van der Waals surface area contributed by atoms with Gasteiger partial charge in [0, 0.05) is 6.42 Å². The van der Waals surface area contributed by atoms with Gasteiger partial charge in [0.2, 0.25) is 0 Å². The SMILES string of the molecule is O=C(O)N1CC(O)(c2ccccc2)C[C@H]1CO. The molecule has 1 aliphatic rings. The Morgan fingerprint density at radius 1 is 1.41 bits per heavy atom. The normalized spacial score (nSPS) is 28.4. The fourth-order valence-electron chi connectivity index (χ4n) is 2.32. The lowest BCUT2D eigenvalue weighted by Gasteiger charge is -2.22. The highest BCUT2D eigenvalue weighted by atomic mass is 16.4. The predicted molar refractivity (Wildman–Crippen MR) is 60.6 cm³/mol. The Bertz CT molecular complexity index is 408. The van der Waals surface area contributed by atoms with Gasteiger partial charge in [-0.15, -0.1) is 0 Å². The Morgan fingerprint density at radius 3 is 2.53 bits per heavy atom. The van der Waals surface area contributed by atoms with E-state index in [2.05, 4.69) is 0 Å². The van der Waals surface area contributed by atoms with Gasteiger partial charge >= 0.3 is 6.09 Å². The highest BCUT2D eigenvalue weighted by Crippen LogP contribution is 2.35. The topological polar surface area (TPSA) is 81.0 Å². The van der Waals surface area contributed by atoms with E-state index in [0.717, 1.165) is 4.90 Å². The molecule has 1 aromatic carbocycles. The molecule has 5 heteroatoms. The van der Waals surface area contributed by atoms with Gasteiger partial charge in [0.1, 0.15) is 5.60 Å². The molecule has 0 radical (unpaired) electrons. The predicted octanol–water partition coefficient (Wildman–Crippen LogP) is 0.619. The Kier molecular flexibility index (Phi) is 3.04. The molecule has 3 N–H and O–H groups in total. The van der Waals surface area contributed by atoms with Gasteiger partial charge in [-0.1, -0.05) is 30.3 Å². The standard InChI is InChI=1S/C12H15NO4/c14-7-10-6-12(17,8-13(10)11(15)16)9-4-2-1-3-5-9/h1-5,10,14,17H,6-8H2,(H,15,16)/t10-,12?/m0/s1. The van der Waals surface area contributed by atoms with Crippen LogP contribution in [0.15, 0.2) is 30.3 Å². The van der Waals surface area contributed by atoms with Crippen molar-refractivity contribution in [3.05, 3.63) is 35.9 Å². The van der Waals surface area contributed by atoms with Crippen molar-refractivity contribution in [2.75, 3.05) is 13.2 Å². The average Bonchev–Trinajstić information content (AvgIpc) is 2.69. The lowest BCUT2D eigenvalue weighted by molar-refractivity contribution is 0.0457. The Labute approximate surface area is 98.9 Å². The van der Waals surface area contributed by atoms with Crippen molar-refractivity contribution in [1.82, 2.24) is 4.90 Å². The van der Waals surface area contributed by atoms with Crippen molar-refractivity contribution < 1.29 is 20.1 Å². The van der Waals surface area contributed by atoms with Gasteiger partial charge in [-0.2, -0.15) is 0 Å². The Hall–Kier alpha value is -1.59. The van der Waals surface area contributed by atoms with Crippen molar-refractivity contribution in [2.45, 2.75) is 18.1 Å². The zero-order valence-electron chi connectivity index (χ0n) is 9.28. The number of rotatable bonds is 2. The van der Waals surface area contributed by atoms with Crippen molar-refractivity contribution in [3.63, 3.8) is 0 Å². The number of carbonyl (C=O) groups is 1. The molecule has 0 spiro atoms. The molecule has 92 valence electrons. The molecule has 2 atom stereocenters. The molecule has 0 aliphatic carbocycles. The van der Waals surface area contributed by atoms with E-state index in [1.54, 1.807) is 24.3 Å². The molecule has 17 heavy (non-hydrogen) atoms. The zero-order valence-corrected chi connectivity index (χ0v) is 9.28. The second-order valence-electron chi connectivity index (χ2n) is 4.35. The molecule has 0 bridgehead atoms. The maximum absolute atomic E-state index is 11.0. The molecule has 1 unspecified atom stereocenters. The molecule has 1 aromatic rings. The van der Waals surface area contributed by atoms with Gasteiger partial charge in [0.25, 0.3) is 0 Å². The maximum Gasteiger partial charge on any atom is 0.407 e. The zero-order chi connectivity index (χ0) is 12.5. The van der Waals surface area contributed by atoms with Crippen LogP contribution >= 0.6 is 0 Å². The number of benzene rings is 1. The third-order valence-electron chi connectivity index (χ3n) is 3.21. The average molecular weight is 237 g/mol. The smallest absolute Gasteiger partial charge is 0.407 e. The number of hydrogen-bond donors (Lipinski definition) is 3. The first-order valence-corrected chi connectivity index (χ1v) is 5.45. The summed E-state index contributed by atoms with van der Waals surface area (Å²) in [7, 11) is 0. The van der Waals surface area contributed by atoms with Crippen molar-refractivity contribution >= 4 is 6.09 Å². The minimum atomic E-state index is -1.20. The lowest BCUT2D eigenvalue weighted by Crippen LogP contribution is -2.37. The second-order valence-corrected chi connectivity index (χ2v) is 4.35. The van der Waals surface area contributed by atoms with Crippen LogP contribution in [0.3, 0.4) is 0 Å². The number of nitrogens with zero attached hydrogens (tertiary/aromatic N) is 1. The number of aliphatic hydroxyl groups is 2. The van der Waals surface area contributed by atoms with Gasteiger partial charge in [-0.05, 0) is 5.56 Å². The highest BCUT2D eigenvalue weighted by Gasteiger charge is 2.45. The quantitative estimate of drug-likeness (QED) is 0.704. The maximum atomic E-state index is 11.0. The third-order valence-corrected chi connectivity index (χ3v) is 3.21. The van der Waals surface area contributed by atoms with Crippen LogP contribution in [0.25, 0.3) is 0 Å². The molecule has 1 amide bonds. The van der Waals surface area contributed by atoms with E-state index in [0.29, 0.717) is 5.56 Å².